The summed E-state index contributed by atoms with van der Waals surface area (Å²) < 4.78 is 0. The molecule has 0 bridgehead atoms. The second-order valence-electron chi connectivity index (χ2n) is 6.33. The van der Waals surface area contributed by atoms with Crippen molar-refractivity contribution in [2.45, 2.75) is 44.9 Å². The first kappa shape index (κ1) is 16.7. The first-order chi connectivity index (χ1) is 10.6. The van der Waals surface area contributed by atoms with Crippen molar-refractivity contribution in [1.29, 1.82) is 0 Å². The third kappa shape index (κ3) is 4.67. The van der Waals surface area contributed by atoms with Gasteiger partial charge in [0.1, 0.15) is 0 Å². The largest absolute Gasteiger partial charge is 0.370 e. The molecule has 0 saturated heterocycles. The van der Waals surface area contributed by atoms with Crippen LogP contribution in [0, 0.1) is 11.8 Å². The molecule has 1 saturated carbocycles. The van der Waals surface area contributed by atoms with Gasteiger partial charge in [0.25, 0.3) is 0 Å². The topological polar surface area (TPSA) is 86.2 Å². The van der Waals surface area contributed by atoms with Crippen molar-refractivity contribution in [2.75, 3.05) is 6.54 Å². The van der Waals surface area contributed by atoms with Crippen LogP contribution in [0.3, 0.4) is 0 Å². The van der Waals surface area contributed by atoms with Crippen LogP contribution in [0.5, 0.6) is 0 Å². The van der Waals surface area contributed by atoms with Gasteiger partial charge in [0.2, 0.25) is 5.91 Å². The molecule has 4 heteroatoms. The van der Waals surface area contributed by atoms with Gasteiger partial charge in [-0.1, -0.05) is 24.3 Å². The van der Waals surface area contributed by atoms with E-state index in [9.17, 15) is 9.59 Å². The molecule has 0 atom stereocenters. The predicted molar refractivity (Wildman–Crippen MR) is 87.4 cm³/mol. The first-order valence-corrected chi connectivity index (χ1v) is 8.21. The quantitative estimate of drug-likeness (QED) is 0.758. The zero-order valence-electron chi connectivity index (χ0n) is 13.1. The van der Waals surface area contributed by atoms with E-state index in [1.54, 1.807) is 0 Å². The molecule has 4 nitrogen and oxygen atoms in total. The Morgan fingerprint density at radius 2 is 1.68 bits per heavy atom. The monoisotopic (exact) mass is 302 g/mol. The number of hydrogen-bond acceptors (Lipinski definition) is 3. The smallest absolute Gasteiger partial charge is 0.217 e. The molecule has 4 N–H and O–H groups in total. The summed E-state index contributed by atoms with van der Waals surface area (Å²) in [7, 11) is 0. The van der Waals surface area contributed by atoms with Crippen LogP contribution in [0.1, 0.15) is 54.4 Å². The number of aryl methyl sites for hydroxylation is 1. The molecule has 1 aliphatic carbocycles. The molecule has 1 amide bonds. The minimum Gasteiger partial charge on any atom is -0.370 e. The number of rotatable bonds is 7. The Morgan fingerprint density at radius 3 is 2.23 bits per heavy atom. The molecule has 0 spiro atoms. The number of carbonyl (C=O) groups is 2. The van der Waals surface area contributed by atoms with Crippen molar-refractivity contribution >= 4 is 11.7 Å². The van der Waals surface area contributed by atoms with Crippen molar-refractivity contribution in [3.05, 3.63) is 35.4 Å². The van der Waals surface area contributed by atoms with Crippen molar-refractivity contribution in [2.24, 2.45) is 23.3 Å². The number of hydrogen-bond donors (Lipinski definition) is 2. The predicted octanol–water partition coefficient (Wildman–Crippen LogP) is 2.44. The second kappa shape index (κ2) is 8.08. The van der Waals surface area contributed by atoms with Gasteiger partial charge < -0.3 is 11.5 Å². The lowest BCUT2D eigenvalue weighted by Gasteiger charge is -2.26. The van der Waals surface area contributed by atoms with Crippen LogP contribution in [0.2, 0.25) is 0 Å². The summed E-state index contributed by atoms with van der Waals surface area (Å²) in [5, 5.41) is 0. The number of Topliss-reactive ketones (excluding diaryl/α,β-unsaturated/α-hetero) is 1. The fraction of sp³-hybridized carbons (Fsp3) is 0.556. The highest BCUT2D eigenvalue weighted by Gasteiger charge is 2.26. The van der Waals surface area contributed by atoms with E-state index in [0.29, 0.717) is 12.3 Å². The Balaban J connectivity index is 1.87. The highest BCUT2D eigenvalue weighted by molar-refractivity contribution is 5.97. The zero-order valence-corrected chi connectivity index (χ0v) is 13.1. The minimum atomic E-state index is -0.264. The Kier molecular flexibility index (Phi) is 6.13. The van der Waals surface area contributed by atoms with Crippen LogP contribution >= 0.6 is 0 Å². The maximum atomic E-state index is 12.5. The normalized spacial score (nSPS) is 21.5. The number of ketones is 1. The number of amides is 1. The third-order valence-corrected chi connectivity index (χ3v) is 4.68. The fourth-order valence-corrected chi connectivity index (χ4v) is 3.20. The number of nitrogens with two attached hydrogens (primary N) is 2. The Labute approximate surface area is 132 Å². The maximum Gasteiger partial charge on any atom is 0.217 e. The van der Waals surface area contributed by atoms with E-state index >= 15 is 0 Å². The van der Waals surface area contributed by atoms with Gasteiger partial charge in [-0.25, -0.2) is 0 Å². The molecule has 1 fully saturated rings. The van der Waals surface area contributed by atoms with Gasteiger partial charge in [0.15, 0.2) is 5.78 Å². The van der Waals surface area contributed by atoms with Crippen LogP contribution < -0.4 is 11.5 Å². The Bertz CT molecular complexity index is 502. The van der Waals surface area contributed by atoms with Gasteiger partial charge >= 0.3 is 0 Å². The molecule has 0 aliphatic heterocycles. The molecule has 22 heavy (non-hydrogen) atoms. The van der Waals surface area contributed by atoms with Gasteiger partial charge in [0, 0.05) is 17.9 Å². The molecule has 1 aliphatic rings. The molecule has 0 aromatic heterocycles. The van der Waals surface area contributed by atoms with E-state index < -0.39 is 0 Å². The number of primary amides is 1. The summed E-state index contributed by atoms with van der Waals surface area (Å²) in [6.45, 7) is 0.737. The van der Waals surface area contributed by atoms with Crippen LogP contribution in [0.25, 0.3) is 0 Å². The van der Waals surface area contributed by atoms with Crippen molar-refractivity contribution in [1.82, 2.24) is 0 Å². The van der Waals surface area contributed by atoms with Gasteiger partial charge in [-0.2, -0.15) is 0 Å². The average molecular weight is 302 g/mol. The molecule has 0 heterocycles. The van der Waals surface area contributed by atoms with Gasteiger partial charge in [-0.05, 0) is 56.6 Å². The summed E-state index contributed by atoms with van der Waals surface area (Å²) >= 11 is 0. The second-order valence-corrected chi connectivity index (χ2v) is 6.33. The molecule has 0 unspecified atom stereocenters. The summed E-state index contributed by atoms with van der Waals surface area (Å²) in [6.07, 6.45) is 6.04. The van der Waals surface area contributed by atoms with Crippen LogP contribution in [-0.4, -0.2) is 18.2 Å². The summed E-state index contributed by atoms with van der Waals surface area (Å²) in [5.41, 5.74) is 12.8. The lowest BCUT2D eigenvalue weighted by molar-refractivity contribution is -0.118. The number of carbonyl (C=O) groups excluding carboxylic acids is 2. The molecule has 120 valence electrons. The highest BCUT2D eigenvalue weighted by Crippen LogP contribution is 2.30. The summed E-state index contributed by atoms with van der Waals surface area (Å²) in [6, 6.07) is 7.80. The van der Waals surface area contributed by atoms with E-state index in [1.165, 1.54) is 0 Å². The molecular formula is C18H26N2O2. The maximum absolute atomic E-state index is 12.5. The SMILES string of the molecule is NCC1CCC(C(=O)c2ccc(CCCC(N)=O)cc2)CC1. The van der Waals surface area contributed by atoms with Crippen molar-refractivity contribution < 1.29 is 9.59 Å². The molecular weight excluding hydrogens is 276 g/mol. The molecule has 1 aromatic carbocycles. The van der Waals surface area contributed by atoms with Gasteiger partial charge in [0.05, 0.1) is 0 Å². The Morgan fingerprint density at radius 1 is 1.05 bits per heavy atom. The van der Waals surface area contributed by atoms with E-state index in [-0.39, 0.29) is 17.6 Å². The third-order valence-electron chi connectivity index (χ3n) is 4.68. The summed E-state index contributed by atoms with van der Waals surface area (Å²) in [4.78, 5) is 23.2. The zero-order chi connectivity index (χ0) is 15.9. The van der Waals surface area contributed by atoms with Crippen molar-refractivity contribution in [3.8, 4) is 0 Å². The summed E-state index contributed by atoms with van der Waals surface area (Å²) in [5.74, 6) is 0.749. The van der Waals surface area contributed by atoms with Crippen LogP contribution in [0.15, 0.2) is 24.3 Å². The first-order valence-electron chi connectivity index (χ1n) is 8.21. The molecule has 0 radical (unpaired) electrons. The molecule has 1 aromatic rings. The van der Waals surface area contributed by atoms with E-state index in [2.05, 4.69) is 0 Å². The lowest BCUT2D eigenvalue weighted by atomic mass is 9.78. The lowest BCUT2D eigenvalue weighted by Crippen LogP contribution is -2.25. The van der Waals surface area contributed by atoms with Crippen LogP contribution in [-0.2, 0) is 11.2 Å². The van der Waals surface area contributed by atoms with E-state index in [4.69, 9.17) is 11.5 Å². The minimum absolute atomic E-state index is 0.156. The van der Waals surface area contributed by atoms with Crippen molar-refractivity contribution in [3.63, 3.8) is 0 Å². The van der Waals surface area contributed by atoms with Crippen LogP contribution in [0.4, 0.5) is 0 Å². The Hall–Kier alpha value is -1.68. The van der Waals surface area contributed by atoms with E-state index in [1.807, 2.05) is 24.3 Å². The average Bonchev–Trinajstić information content (AvgIpc) is 2.54. The van der Waals surface area contributed by atoms with Gasteiger partial charge in [-0.3, -0.25) is 9.59 Å². The molecule has 2 rings (SSSR count). The van der Waals surface area contributed by atoms with Gasteiger partial charge in [-0.15, -0.1) is 0 Å². The standard InChI is InChI=1S/C18H26N2O2/c19-12-14-6-10-16(11-7-14)18(22)15-8-4-13(5-9-15)2-1-3-17(20)21/h4-5,8-9,14,16H,1-3,6-7,10-12,19H2,(H2,20,21). The number of benzene rings is 1. The van der Waals surface area contributed by atoms with E-state index in [0.717, 1.165) is 56.2 Å². The highest BCUT2D eigenvalue weighted by atomic mass is 16.1. The fourth-order valence-electron chi connectivity index (χ4n) is 3.20.